The Morgan fingerprint density at radius 1 is 0.837 bits per heavy atom. The van der Waals surface area contributed by atoms with Crippen LogP contribution in [0.5, 0.6) is 0 Å². The summed E-state index contributed by atoms with van der Waals surface area (Å²) < 4.78 is 16.6. The molecule has 1 fully saturated rings. The van der Waals surface area contributed by atoms with Gasteiger partial charge in [0.2, 0.25) is 5.91 Å². The lowest BCUT2D eigenvalue weighted by Crippen LogP contribution is -2.52. The van der Waals surface area contributed by atoms with E-state index in [9.17, 15) is 19.5 Å². The van der Waals surface area contributed by atoms with E-state index in [1.54, 1.807) is 29.9 Å². The topological polar surface area (TPSA) is 103 Å². The van der Waals surface area contributed by atoms with Crippen LogP contribution in [-0.4, -0.2) is 64.3 Å². The minimum absolute atomic E-state index is 0.133. The Bertz CT molecular complexity index is 1650. The summed E-state index contributed by atoms with van der Waals surface area (Å²) in [6.45, 7) is 19.2. The maximum Gasteiger partial charge on any atom is 0.417 e. The number of aliphatic hydroxyl groups is 1. The molecule has 49 heavy (non-hydrogen) atoms. The number of aliphatic hydroxyl groups excluding tert-OH is 1. The van der Waals surface area contributed by atoms with Gasteiger partial charge in [0.15, 0.2) is 8.32 Å². The van der Waals surface area contributed by atoms with Crippen molar-refractivity contribution in [2.75, 3.05) is 13.2 Å². The molecule has 4 atom stereocenters. The number of hydrogen-bond acceptors (Lipinski definition) is 6. The maximum atomic E-state index is 14.6. The van der Waals surface area contributed by atoms with Crippen LogP contribution >= 0.6 is 0 Å². The zero-order valence-corrected chi connectivity index (χ0v) is 31.7. The summed E-state index contributed by atoms with van der Waals surface area (Å²) in [7, 11) is -2.45. The number of amides is 2. The van der Waals surface area contributed by atoms with Gasteiger partial charge >= 0.3 is 11.8 Å². The molecular formula is C39H55N3O6Si. The molecule has 3 aromatic rings. The lowest BCUT2D eigenvalue weighted by molar-refractivity contribution is -0.133. The lowest BCUT2D eigenvalue weighted by atomic mass is 9.72. The van der Waals surface area contributed by atoms with E-state index in [0.29, 0.717) is 19.5 Å². The molecule has 10 heteroatoms. The van der Waals surface area contributed by atoms with Crippen molar-refractivity contribution in [3.05, 3.63) is 93.7 Å². The highest BCUT2D eigenvalue weighted by molar-refractivity contribution is 6.77. The number of hydrogen-bond donors (Lipinski definition) is 1. The number of carbonyl (C=O) groups excluding carboxylic acids is 2. The summed E-state index contributed by atoms with van der Waals surface area (Å²) in [5, 5.41) is 10.8. The molecule has 266 valence electrons. The molecule has 2 aromatic carbocycles. The predicted octanol–water partition coefficient (Wildman–Crippen LogP) is 6.95. The minimum Gasteiger partial charge on any atom is -0.443 e. The number of nitrogens with zero attached hydrogens (tertiary/aromatic N) is 3. The van der Waals surface area contributed by atoms with Gasteiger partial charge in [0.05, 0.1) is 31.7 Å². The number of imidazole rings is 1. The Labute approximate surface area is 292 Å². The molecule has 9 nitrogen and oxygen atoms in total. The van der Waals surface area contributed by atoms with Gasteiger partial charge in [0.1, 0.15) is 5.60 Å². The molecule has 1 aromatic heterocycles. The minimum atomic E-state index is -2.45. The van der Waals surface area contributed by atoms with Gasteiger partial charge in [-0.2, -0.15) is 0 Å². The van der Waals surface area contributed by atoms with Crippen LogP contribution in [0.4, 0.5) is 4.79 Å². The molecule has 2 aliphatic rings. The highest BCUT2D eigenvalue weighted by atomic mass is 28.4. The fourth-order valence-corrected chi connectivity index (χ4v) is 14.3. The monoisotopic (exact) mass is 689 g/mol. The quantitative estimate of drug-likeness (QED) is 0.219. The molecule has 5 rings (SSSR count). The third-order valence-electron chi connectivity index (χ3n) is 10.7. The van der Waals surface area contributed by atoms with Crippen LogP contribution in [0, 0.1) is 11.8 Å². The number of benzene rings is 2. The van der Waals surface area contributed by atoms with Crippen LogP contribution in [0.1, 0.15) is 90.7 Å². The summed E-state index contributed by atoms with van der Waals surface area (Å²) in [4.78, 5) is 44.5. The third-order valence-corrected chi connectivity index (χ3v) is 16.8. The fraction of sp³-hybridized carbons (Fsp3) is 0.564. The van der Waals surface area contributed by atoms with E-state index in [1.807, 2.05) is 60.7 Å². The second kappa shape index (κ2) is 14.4. The zero-order valence-electron chi connectivity index (χ0n) is 30.7. The van der Waals surface area contributed by atoms with Gasteiger partial charge in [0, 0.05) is 23.9 Å². The SMILES string of the molecule is CC(C)[Si](OC[C@@H]1C2c3c(n(Cc4ccccc4)c(=O)n3Cc3ccccc3)C[C@@H](CO)C2C(=O)N1C(=O)OC(C)(C)C)(C(C)C)C(C)C. The lowest BCUT2D eigenvalue weighted by Gasteiger charge is -2.44. The van der Waals surface area contributed by atoms with Crippen LogP contribution in [0.2, 0.25) is 16.6 Å². The first kappa shape index (κ1) is 36.8. The molecule has 0 radical (unpaired) electrons. The van der Waals surface area contributed by atoms with Crippen molar-refractivity contribution in [3.63, 3.8) is 0 Å². The zero-order chi connectivity index (χ0) is 35.8. The Morgan fingerprint density at radius 2 is 1.35 bits per heavy atom. The predicted molar refractivity (Wildman–Crippen MR) is 194 cm³/mol. The van der Waals surface area contributed by atoms with Crippen molar-refractivity contribution < 1.29 is 23.9 Å². The summed E-state index contributed by atoms with van der Waals surface area (Å²) in [5.74, 6) is -2.16. The molecule has 0 spiro atoms. The molecular weight excluding hydrogens is 635 g/mol. The average molecular weight is 690 g/mol. The van der Waals surface area contributed by atoms with Crippen LogP contribution in [0.15, 0.2) is 65.5 Å². The van der Waals surface area contributed by atoms with Gasteiger partial charge in [-0.05, 0) is 60.9 Å². The van der Waals surface area contributed by atoms with Crippen LogP contribution in [-0.2, 0) is 33.5 Å². The Balaban J connectivity index is 1.73. The van der Waals surface area contributed by atoms with E-state index in [-0.39, 0.29) is 41.4 Å². The normalized spacial score (nSPS) is 21.1. The molecule has 2 heterocycles. The van der Waals surface area contributed by atoms with Crippen molar-refractivity contribution >= 4 is 20.3 Å². The second-order valence-electron chi connectivity index (χ2n) is 15.8. The van der Waals surface area contributed by atoms with Gasteiger partial charge in [-0.25, -0.2) is 14.5 Å². The number of rotatable bonds is 11. The van der Waals surface area contributed by atoms with Crippen molar-refractivity contribution in [1.82, 2.24) is 14.0 Å². The summed E-state index contributed by atoms with van der Waals surface area (Å²) in [6.07, 6.45) is -0.383. The molecule has 1 aliphatic carbocycles. The molecule has 0 bridgehead atoms. The smallest absolute Gasteiger partial charge is 0.417 e. The summed E-state index contributed by atoms with van der Waals surface area (Å²) in [5.41, 5.74) is 3.32. The van der Waals surface area contributed by atoms with Crippen molar-refractivity contribution in [3.8, 4) is 0 Å². The average Bonchev–Trinajstić information content (AvgIpc) is 3.46. The van der Waals surface area contributed by atoms with E-state index >= 15 is 0 Å². The van der Waals surface area contributed by atoms with Crippen molar-refractivity contribution in [2.24, 2.45) is 11.8 Å². The van der Waals surface area contributed by atoms with Crippen LogP contribution < -0.4 is 5.69 Å². The number of fused-ring (bicyclic) bond motifs is 3. The molecule has 2 unspecified atom stereocenters. The van der Waals surface area contributed by atoms with Gasteiger partial charge < -0.3 is 14.3 Å². The summed E-state index contributed by atoms with van der Waals surface area (Å²) >= 11 is 0. The van der Waals surface area contributed by atoms with Crippen LogP contribution in [0.3, 0.4) is 0 Å². The van der Waals surface area contributed by atoms with E-state index in [0.717, 1.165) is 22.5 Å². The molecule has 0 saturated carbocycles. The van der Waals surface area contributed by atoms with E-state index in [2.05, 4.69) is 41.5 Å². The molecule has 2 amide bonds. The number of ether oxygens (including phenoxy) is 1. The van der Waals surface area contributed by atoms with Gasteiger partial charge in [-0.15, -0.1) is 0 Å². The number of imide groups is 1. The largest absolute Gasteiger partial charge is 0.443 e. The number of carbonyl (C=O) groups is 2. The van der Waals surface area contributed by atoms with Gasteiger partial charge in [0.25, 0.3) is 0 Å². The maximum absolute atomic E-state index is 14.6. The van der Waals surface area contributed by atoms with Gasteiger partial charge in [-0.3, -0.25) is 13.9 Å². The second-order valence-corrected chi connectivity index (χ2v) is 21.3. The molecule has 1 aliphatic heterocycles. The third kappa shape index (κ3) is 6.96. The Hall–Kier alpha value is -3.47. The van der Waals surface area contributed by atoms with E-state index < -0.39 is 43.8 Å². The van der Waals surface area contributed by atoms with E-state index in [4.69, 9.17) is 9.16 Å². The first-order valence-electron chi connectivity index (χ1n) is 17.8. The Kier molecular flexibility index (Phi) is 10.8. The Morgan fingerprint density at radius 3 is 1.82 bits per heavy atom. The molecule has 1 N–H and O–H groups in total. The van der Waals surface area contributed by atoms with Crippen LogP contribution in [0.25, 0.3) is 0 Å². The van der Waals surface area contributed by atoms with E-state index in [1.165, 1.54) is 4.90 Å². The summed E-state index contributed by atoms with van der Waals surface area (Å²) in [6, 6.07) is 19.0. The standard InChI is InChI=1S/C39H55N3O6Si/c1-25(2)49(26(3)4,27(5)6)47-24-32-34-33(36(44)42(32)38(46)48-39(7,8)9)30(23-43)20-31-35(34)41(22-29-18-14-11-15-19-29)37(45)40(31)21-28-16-12-10-13-17-28/h10-19,25-27,30,32-34,43H,20-24H2,1-9H3/t30-,32+,33?,34?/m0/s1. The molecule has 1 saturated heterocycles. The highest BCUT2D eigenvalue weighted by Crippen LogP contribution is 2.50. The van der Waals surface area contributed by atoms with Gasteiger partial charge in [-0.1, -0.05) is 102 Å². The fourth-order valence-electron chi connectivity index (χ4n) is 8.82. The first-order chi connectivity index (χ1) is 23.1. The number of likely N-dealkylation sites (tertiary alicyclic amines) is 1. The van der Waals surface area contributed by atoms with Crippen molar-refractivity contribution in [2.45, 2.75) is 116 Å². The number of aromatic nitrogens is 2. The first-order valence-corrected chi connectivity index (χ1v) is 20.0. The highest BCUT2D eigenvalue weighted by Gasteiger charge is 2.59. The van der Waals surface area contributed by atoms with Crippen molar-refractivity contribution in [1.29, 1.82) is 0 Å².